The van der Waals surface area contributed by atoms with Crippen molar-refractivity contribution >= 4 is 5.91 Å². The third-order valence-electron chi connectivity index (χ3n) is 6.03. The molecule has 2 aliphatic rings. The molecule has 4 heteroatoms. The monoisotopic (exact) mass is 379 g/mol. The Labute approximate surface area is 167 Å². The second-order valence-corrected chi connectivity index (χ2v) is 7.96. The van der Waals surface area contributed by atoms with Gasteiger partial charge >= 0.3 is 0 Å². The summed E-state index contributed by atoms with van der Waals surface area (Å²) < 4.78 is 10.6. The highest BCUT2D eigenvalue weighted by Crippen LogP contribution is 2.37. The molecule has 0 N–H and O–H groups in total. The van der Waals surface area contributed by atoms with E-state index < -0.39 is 0 Å². The number of aryl methyl sites for hydroxylation is 1. The van der Waals surface area contributed by atoms with Crippen molar-refractivity contribution in [2.75, 3.05) is 14.2 Å². The molecule has 0 aromatic heterocycles. The number of hydrogen-bond donors (Lipinski definition) is 0. The lowest BCUT2D eigenvalue weighted by molar-refractivity contribution is -0.132. The molecule has 148 valence electrons. The second kappa shape index (κ2) is 8.26. The smallest absolute Gasteiger partial charge is 0.223 e. The molecule has 1 unspecified atom stereocenters. The van der Waals surface area contributed by atoms with Crippen LogP contribution in [0.15, 0.2) is 42.5 Å². The summed E-state index contributed by atoms with van der Waals surface area (Å²) in [5.41, 5.74) is 3.84. The van der Waals surface area contributed by atoms with Crippen LogP contribution in [0.3, 0.4) is 0 Å². The van der Waals surface area contributed by atoms with Crippen LogP contribution in [-0.2, 0) is 17.8 Å². The summed E-state index contributed by atoms with van der Waals surface area (Å²) in [7, 11) is 3.38. The van der Waals surface area contributed by atoms with Crippen LogP contribution in [0, 0.1) is 0 Å². The van der Waals surface area contributed by atoms with Crippen molar-refractivity contribution in [2.24, 2.45) is 0 Å². The van der Waals surface area contributed by atoms with Gasteiger partial charge in [-0.1, -0.05) is 18.2 Å². The van der Waals surface area contributed by atoms with Crippen molar-refractivity contribution < 1.29 is 14.3 Å². The summed E-state index contributed by atoms with van der Waals surface area (Å²) in [6, 6.07) is 14.8. The first-order chi connectivity index (χ1) is 13.7. The number of hydrogen-bond acceptors (Lipinski definition) is 3. The summed E-state index contributed by atoms with van der Waals surface area (Å²) in [6.45, 7) is 0.690. The Morgan fingerprint density at radius 3 is 2.39 bits per heavy atom. The molecule has 0 aliphatic heterocycles. The van der Waals surface area contributed by atoms with Crippen LogP contribution < -0.4 is 9.47 Å². The molecule has 0 saturated heterocycles. The normalized spacial score (nSPS) is 18.3. The van der Waals surface area contributed by atoms with E-state index in [4.69, 9.17) is 9.47 Å². The molecule has 1 amide bonds. The van der Waals surface area contributed by atoms with Crippen LogP contribution in [0.1, 0.15) is 54.7 Å². The van der Waals surface area contributed by atoms with Gasteiger partial charge < -0.3 is 14.4 Å². The Balaban J connectivity index is 1.47. The highest BCUT2D eigenvalue weighted by Gasteiger charge is 2.34. The zero-order valence-corrected chi connectivity index (χ0v) is 16.8. The molecule has 4 nitrogen and oxygen atoms in total. The van der Waals surface area contributed by atoms with Crippen LogP contribution in [0.4, 0.5) is 0 Å². The lowest BCUT2D eigenvalue weighted by Gasteiger charge is -2.29. The van der Waals surface area contributed by atoms with E-state index in [0.717, 1.165) is 49.2 Å². The lowest BCUT2D eigenvalue weighted by atomic mass is 9.80. The van der Waals surface area contributed by atoms with Crippen molar-refractivity contribution in [1.29, 1.82) is 0 Å². The van der Waals surface area contributed by atoms with Crippen molar-refractivity contribution in [1.82, 2.24) is 4.90 Å². The van der Waals surface area contributed by atoms with Gasteiger partial charge in [-0.3, -0.25) is 4.79 Å². The highest BCUT2D eigenvalue weighted by atomic mass is 16.5. The summed E-state index contributed by atoms with van der Waals surface area (Å²) in [4.78, 5) is 15.3. The molecule has 0 heterocycles. The minimum absolute atomic E-state index is 0.284. The van der Waals surface area contributed by atoms with Crippen LogP contribution in [0.2, 0.25) is 0 Å². The molecule has 2 aromatic carbocycles. The van der Waals surface area contributed by atoms with Gasteiger partial charge in [-0.2, -0.15) is 0 Å². The first kappa shape index (κ1) is 18.9. The van der Waals surface area contributed by atoms with Gasteiger partial charge in [-0.05, 0) is 79.0 Å². The zero-order valence-electron chi connectivity index (χ0n) is 16.8. The number of amides is 1. The average Bonchev–Trinajstić information content (AvgIpc) is 3.57. The van der Waals surface area contributed by atoms with Gasteiger partial charge in [-0.25, -0.2) is 0 Å². The molecule has 1 fully saturated rings. The number of benzene rings is 2. The molecule has 2 aliphatic carbocycles. The van der Waals surface area contributed by atoms with E-state index in [1.807, 2.05) is 18.2 Å². The number of carbonyl (C=O) groups is 1. The van der Waals surface area contributed by atoms with E-state index in [1.54, 1.807) is 14.2 Å². The summed E-state index contributed by atoms with van der Waals surface area (Å²) in [5, 5.41) is 0. The standard InChI is InChI=1S/C24H29NO3/c1-27-21-10-6-17(7-11-21)16-25(20-8-9-20)24(26)15-19-5-3-4-18-14-22(28-2)12-13-23(18)19/h6-7,10-14,19-20H,3-5,8-9,15-16H2,1-2H3. The maximum Gasteiger partial charge on any atom is 0.223 e. The SMILES string of the molecule is COc1ccc(CN(C(=O)CC2CCCc3cc(OC)ccc32)C2CC2)cc1. The molecule has 4 rings (SSSR count). The third kappa shape index (κ3) is 4.16. The summed E-state index contributed by atoms with van der Waals surface area (Å²) >= 11 is 0. The van der Waals surface area contributed by atoms with Gasteiger partial charge in [0.05, 0.1) is 14.2 Å². The fraction of sp³-hybridized carbons (Fsp3) is 0.458. The van der Waals surface area contributed by atoms with Gasteiger partial charge in [0.1, 0.15) is 11.5 Å². The number of ether oxygens (including phenoxy) is 2. The molecule has 2 aromatic rings. The van der Waals surface area contributed by atoms with E-state index in [2.05, 4.69) is 29.2 Å². The minimum Gasteiger partial charge on any atom is -0.497 e. The van der Waals surface area contributed by atoms with Crippen molar-refractivity contribution in [3.05, 3.63) is 59.2 Å². The van der Waals surface area contributed by atoms with Crippen molar-refractivity contribution in [2.45, 2.75) is 57.0 Å². The molecule has 1 atom stereocenters. The zero-order chi connectivity index (χ0) is 19.5. The average molecular weight is 380 g/mol. The quantitative estimate of drug-likeness (QED) is 0.700. The Morgan fingerprint density at radius 2 is 1.71 bits per heavy atom. The van der Waals surface area contributed by atoms with Crippen molar-refractivity contribution in [3.8, 4) is 11.5 Å². The fourth-order valence-electron chi connectivity index (χ4n) is 4.29. The van der Waals surface area contributed by atoms with Crippen LogP contribution in [0.25, 0.3) is 0 Å². The third-order valence-corrected chi connectivity index (χ3v) is 6.03. The highest BCUT2D eigenvalue weighted by molar-refractivity contribution is 5.78. The van der Waals surface area contributed by atoms with E-state index in [-0.39, 0.29) is 5.91 Å². The number of fused-ring (bicyclic) bond motifs is 1. The van der Waals surface area contributed by atoms with Gasteiger partial charge in [0.25, 0.3) is 0 Å². The van der Waals surface area contributed by atoms with Crippen LogP contribution in [0.5, 0.6) is 11.5 Å². The van der Waals surface area contributed by atoms with Gasteiger partial charge in [-0.15, -0.1) is 0 Å². The molecular formula is C24H29NO3. The first-order valence-corrected chi connectivity index (χ1v) is 10.3. The van der Waals surface area contributed by atoms with Gasteiger partial charge in [0.15, 0.2) is 0 Å². The van der Waals surface area contributed by atoms with Crippen LogP contribution >= 0.6 is 0 Å². The Kier molecular flexibility index (Phi) is 5.56. The molecule has 0 spiro atoms. The number of methoxy groups -OCH3 is 2. The molecule has 0 radical (unpaired) electrons. The Hall–Kier alpha value is -2.49. The lowest BCUT2D eigenvalue weighted by Crippen LogP contribution is -2.34. The minimum atomic E-state index is 0.284. The number of nitrogens with zero attached hydrogens (tertiary/aromatic N) is 1. The number of rotatable bonds is 7. The predicted octanol–water partition coefficient (Wildman–Crippen LogP) is 4.71. The Morgan fingerprint density at radius 1 is 1.00 bits per heavy atom. The molecule has 28 heavy (non-hydrogen) atoms. The molecule has 1 saturated carbocycles. The van der Waals surface area contributed by atoms with Crippen molar-refractivity contribution in [3.63, 3.8) is 0 Å². The summed E-state index contributed by atoms with van der Waals surface area (Å²) in [6.07, 6.45) is 6.16. The van der Waals surface area contributed by atoms with E-state index in [0.29, 0.717) is 24.9 Å². The molecular weight excluding hydrogens is 350 g/mol. The Bertz CT molecular complexity index is 826. The first-order valence-electron chi connectivity index (χ1n) is 10.3. The van der Waals surface area contributed by atoms with Gasteiger partial charge in [0.2, 0.25) is 5.91 Å². The fourth-order valence-corrected chi connectivity index (χ4v) is 4.29. The topological polar surface area (TPSA) is 38.8 Å². The van der Waals surface area contributed by atoms with Crippen LogP contribution in [-0.4, -0.2) is 31.1 Å². The molecule has 0 bridgehead atoms. The van der Waals surface area contributed by atoms with Gasteiger partial charge in [0, 0.05) is 19.0 Å². The van der Waals surface area contributed by atoms with E-state index >= 15 is 0 Å². The second-order valence-electron chi connectivity index (χ2n) is 7.96. The number of carbonyl (C=O) groups excluding carboxylic acids is 1. The maximum absolute atomic E-state index is 13.2. The largest absolute Gasteiger partial charge is 0.497 e. The van der Waals surface area contributed by atoms with E-state index in [1.165, 1.54) is 11.1 Å². The predicted molar refractivity (Wildman–Crippen MR) is 110 cm³/mol. The van der Waals surface area contributed by atoms with E-state index in [9.17, 15) is 4.79 Å². The maximum atomic E-state index is 13.2. The summed E-state index contributed by atoms with van der Waals surface area (Å²) in [5.74, 6) is 2.36.